The number of aryl methyl sites for hydroxylation is 1. The van der Waals surface area contributed by atoms with Gasteiger partial charge in [0.25, 0.3) is 11.8 Å². The van der Waals surface area contributed by atoms with E-state index in [9.17, 15) is 14.4 Å². The van der Waals surface area contributed by atoms with Gasteiger partial charge in [0.1, 0.15) is 11.8 Å². The molecule has 0 aliphatic rings. The third kappa shape index (κ3) is 5.30. The van der Waals surface area contributed by atoms with Crippen molar-refractivity contribution in [1.82, 2.24) is 20.6 Å². The van der Waals surface area contributed by atoms with Gasteiger partial charge in [0, 0.05) is 6.42 Å². The highest BCUT2D eigenvalue weighted by atomic mass is 32.1. The van der Waals surface area contributed by atoms with Crippen molar-refractivity contribution in [3.63, 3.8) is 0 Å². The van der Waals surface area contributed by atoms with E-state index in [4.69, 9.17) is 14.4 Å². The molecule has 0 saturated carbocycles. The molecular weight excluding hydrogens is 398 g/mol. The first kappa shape index (κ1) is 19.8. The molecule has 0 aliphatic carbocycles. The van der Waals surface area contributed by atoms with Crippen molar-refractivity contribution in [1.29, 1.82) is 5.26 Å². The van der Waals surface area contributed by atoms with E-state index in [0.717, 1.165) is 4.68 Å². The number of benzene rings is 1. The monoisotopic (exact) mass is 413 g/mol. The van der Waals surface area contributed by atoms with Crippen LogP contribution in [0.1, 0.15) is 12.0 Å². The van der Waals surface area contributed by atoms with Crippen LogP contribution in [0, 0.1) is 11.3 Å². The van der Waals surface area contributed by atoms with Gasteiger partial charge in [-0.2, -0.15) is 9.94 Å². The van der Waals surface area contributed by atoms with Crippen LogP contribution in [0.25, 0.3) is 10.8 Å². The molecule has 3 rings (SSSR count). The van der Waals surface area contributed by atoms with Crippen LogP contribution in [0.3, 0.4) is 0 Å². The van der Waals surface area contributed by atoms with E-state index < -0.39 is 17.6 Å². The normalized spacial score (nSPS) is 10.2. The third-order valence-electron chi connectivity index (χ3n) is 3.60. The van der Waals surface area contributed by atoms with Gasteiger partial charge in [-0.3, -0.25) is 20.4 Å². The average Bonchev–Trinajstić information content (AvgIpc) is 3.39. The summed E-state index contributed by atoms with van der Waals surface area (Å²) in [5.41, 5.74) is 4.70. The minimum absolute atomic E-state index is 0.0124. The summed E-state index contributed by atoms with van der Waals surface area (Å²) < 4.78 is 11.3. The van der Waals surface area contributed by atoms with Crippen LogP contribution in [-0.4, -0.2) is 28.2 Å². The lowest BCUT2D eigenvalue weighted by molar-refractivity contribution is -0.130. The molecule has 0 saturated heterocycles. The molecule has 3 aromatic rings. The Morgan fingerprint density at radius 2 is 2.00 bits per heavy atom. The average molecular weight is 413 g/mol. The van der Waals surface area contributed by atoms with Crippen molar-refractivity contribution in [3.05, 3.63) is 57.9 Å². The molecule has 0 unspecified atom stereocenters. The fraction of sp³-hybridized carbons (Fsp3) is 0.167. The van der Waals surface area contributed by atoms with Crippen molar-refractivity contribution in [2.24, 2.45) is 0 Å². The molecule has 1 aromatic carbocycles. The second kappa shape index (κ2) is 9.34. The zero-order valence-corrected chi connectivity index (χ0v) is 15.8. The molecule has 2 aromatic heterocycles. The predicted molar refractivity (Wildman–Crippen MR) is 102 cm³/mol. The van der Waals surface area contributed by atoms with Gasteiger partial charge < -0.3 is 9.15 Å². The van der Waals surface area contributed by atoms with Gasteiger partial charge >= 0.3 is 5.76 Å². The molecule has 0 radical (unpaired) electrons. The summed E-state index contributed by atoms with van der Waals surface area (Å²) in [6.07, 6.45) is -0.102. The Balaban J connectivity index is 1.43. The van der Waals surface area contributed by atoms with Crippen LogP contribution in [0.2, 0.25) is 0 Å². The molecule has 148 valence electrons. The Kier molecular flexibility index (Phi) is 6.39. The topological polar surface area (TPSA) is 139 Å². The lowest BCUT2D eigenvalue weighted by Gasteiger charge is -2.09. The molecule has 0 spiro atoms. The maximum Gasteiger partial charge on any atom is 0.437 e. The van der Waals surface area contributed by atoms with Crippen molar-refractivity contribution in [2.45, 2.75) is 13.0 Å². The zero-order valence-electron chi connectivity index (χ0n) is 15.0. The smallest absolute Gasteiger partial charge is 0.437 e. The number of hydrazine groups is 1. The highest BCUT2D eigenvalue weighted by molar-refractivity contribution is 7.13. The number of rotatable bonds is 7. The third-order valence-corrected chi connectivity index (χ3v) is 4.45. The predicted octanol–water partition coefficient (Wildman–Crippen LogP) is 1.05. The Morgan fingerprint density at radius 3 is 2.76 bits per heavy atom. The number of carbonyl (C=O) groups excluding carboxylic acids is 2. The lowest BCUT2D eigenvalue weighted by Crippen LogP contribution is -2.44. The van der Waals surface area contributed by atoms with Crippen LogP contribution >= 0.6 is 11.3 Å². The van der Waals surface area contributed by atoms with E-state index >= 15 is 0 Å². The number of amides is 2. The molecular formula is C18H15N5O5S. The van der Waals surface area contributed by atoms with E-state index in [2.05, 4.69) is 16.0 Å². The fourth-order valence-corrected chi connectivity index (χ4v) is 2.87. The zero-order chi connectivity index (χ0) is 20.6. The summed E-state index contributed by atoms with van der Waals surface area (Å²) in [5, 5.41) is 14.8. The number of hydrogen-bond donors (Lipinski definition) is 2. The molecule has 29 heavy (non-hydrogen) atoms. The highest BCUT2D eigenvalue weighted by Gasteiger charge is 2.13. The molecule has 0 fully saturated rings. The van der Waals surface area contributed by atoms with Gasteiger partial charge in [-0.25, -0.2) is 4.79 Å². The fourth-order valence-electron chi connectivity index (χ4n) is 2.22. The molecule has 0 bridgehead atoms. The number of carbonyl (C=O) groups is 2. The molecule has 2 heterocycles. The molecule has 2 amide bonds. The second-order valence-corrected chi connectivity index (χ2v) is 6.56. The number of nitrogens with one attached hydrogen (secondary N) is 2. The van der Waals surface area contributed by atoms with Crippen LogP contribution in [0.5, 0.6) is 5.75 Å². The number of aromatic nitrogens is 2. The van der Waals surface area contributed by atoms with Crippen molar-refractivity contribution in [3.8, 4) is 22.6 Å². The SMILES string of the molecule is N#Cc1ccccc1OCC(=O)NNC(=O)CCn1nc(-c2cccs2)oc1=O. The number of nitrogens with zero attached hydrogens (tertiary/aromatic N) is 3. The van der Waals surface area contributed by atoms with Gasteiger partial charge in [-0.05, 0) is 23.6 Å². The number of nitriles is 1. The first-order chi connectivity index (χ1) is 14.1. The summed E-state index contributed by atoms with van der Waals surface area (Å²) >= 11 is 1.37. The van der Waals surface area contributed by atoms with E-state index in [0.29, 0.717) is 10.4 Å². The van der Waals surface area contributed by atoms with Crippen LogP contribution < -0.4 is 21.3 Å². The maximum absolute atomic E-state index is 11.9. The van der Waals surface area contributed by atoms with E-state index in [1.165, 1.54) is 11.3 Å². The van der Waals surface area contributed by atoms with Crippen LogP contribution in [-0.2, 0) is 16.1 Å². The molecule has 2 N–H and O–H groups in total. The molecule has 0 atom stereocenters. The van der Waals surface area contributed by atoms with Crippen LogP contribution in [0.4, 0.5) is 0 Å². The van der Waals surface area contributed by atoms with Crippen molar-refractivity contribution >= 4 is 23.2 Å². The summed E-state index contributed by atoms with van der Waals surface area (Å²) in [5.74, 6) is -1.35. The largest absolute Gasteiger partial charge is 0.482 e. The van der Waals surface area contributed by atoms with Gasteiger partial charge in [0.15, 0.2) is 6.61 Å². The van der Waals surface area contributed by atoms with Gasteiger partial charge in [0.2, 0.25) is 5.91 Å². The number of para-hydroxylation sites is 1. The quantitative estimate of drug-likeness (QED) is 0.552. The summed E-state index contributed by atoms with van der Waals surface area (Å²) in [6.45, 7) is -0.395. The number of ether oxygens (including phenoxy) is 1. The van der Waals surface area contributed by atoms with Gasteiger partial charge in [-0.15, -0.1) is 16.4 Å². The number of thiophene rings is 1. The molecule has 10 nitrogen and oxygen atoms in total. The van der Waals surface area contributed by atoms with Crippen LogP contribution in [0.15, 0.2) is 51.0 Å². The minimum atomic E-state index is -0.671. The molecule has 0 aliphatic heterocycles. The Morgan fingerprint density at radius 1 is 1.21 bits per heavy atom. The van der Waals surface area contributed by atoms with E-state index in [1.807, 2.05) is 11.4 Å². The summed E-state index contributed by atoms with van der Waals surface area (Å²) in [4.78, 5) is 36.1. The first-order valence-corrected chi connectivity index (χ1v) is 9.26. The highest BCUT2D eigenvalue weighted by Crippen LogP contribution is 2.21. The van der Waals surface area contributed by atoms with Crippen molar-refractivity contribution < 1.29 is 18.7 Å². The number of hydrogen-bond acceptors (Lipinski definition) is 8. The van der Waals surface area contributed by atoms with E-state index in [1.54, 1.807) is 36.4 Å². The second-order valence-electron chi connectivity index (χ2n) is 5.62. The van der Waals surface area contributed by atoms with Gasteiger partial charge in [0.05, 0.1) is 17.0 Å². The first-order valence-electron chi connectivity index (χ1n) is 8.38. The Bertz CT molecular complexity index is 1100. The molecule has 11 heteroatoms. The maximum atomic E-state index is 11.9. The standard InChI is InChI=1S/C18H15N5O5S/c19-10-12-4-1-2-5-13(12)27-11-16(25)21-20-15(24)7-8-23-18(26)28-17(22-23)14-6-3-9-29-14/h1-6,9H,7-8,11H2,(H,20,24)(H,21,25). The van der Waals surface area contributed by atoms with E-state index in [-0.39, 0.29) is 31.2 Å². The minimum Gasteiger partial charge on any atom is -0.482 e. The van der Waals surface area contributed by atoms with Gasteiger partial charge in [-0.1, -0.05) is 18.2 Å². The Hall–Kier alpha value is -3.91. The lowest BCUT2D eigenvalue weighted by atomic mass is 10.2. The Labute approximate surface area is 168 Å². The van der Waals surface area contributed by atoms with Crippen molar-refractivity contribution in [2.75, 3.05) is 6.61 Å². The summed E-state index contributed by atoms with van der Waals surface area (Å²) in [6, 6.07) is 12.0. The summed E-state index contributed by atoms with van der Waals surface area (Å²) in [7, 11) is 0.